The third-order valence-electron chi connectivity index (χ3n) is 4.60. The molecule has 4 heteroatoms. The van der Waals surface area contributed by atoms with Gasteiger partial charge in [-0.3, -0.25) is 4.79 Å². The van der Waals surface area contributed by atoms with Crippen LogP contribution in [0.2, 0.25) is 0 Å². The number of nitrogens with zero attached hydrogens (tertiary/aromatic N) is 2. The van der Waals surface area contributed by atoms with Crippen LogP contribution in [0.5, 0.6) is 0 Å². The molecular weight excluding hydrogens is 280 g/mol. The fourth-order valence-electron chi connectivity index (χ4n) is 3.42. The van der Waals surface area contributed by atoms with Crippen LogP contribution in [0.15, 0.2) is 24.3 Å². The highest BCUT2D eigenvalue weighted by molar-refractivity contribution is 7.80. The van der Waals surface area contributed by atoms with E-state index in [1.54, 1.807) is 0 Å². The number of anilines is 1. The van der Waals surface area contributed by atoms with Crippen molar-refractivity contribution in [3.8, 4) is 0 Å². The van der Waals surface area contributed by atoms with E-state index in [0.29, 0.717) is 12.3 Å². The van der Waals surface area contributed by atoms with Gasteiger partial charge in [0.2, 0.25) is 5.91 Å². The van der Waals surface area contributed by atoms with Crippen molar-refractivity contribution in [3.63, 3.8) is 0 Å². The summed E-state index contributed by atoms with van der Waals surface area (Å²) in [5.74, 6) is 1.50. The maximum absolute atomic E-state index is 12.1. The first-order valence-electron chi connectivity index (χ1n) is 7.99. The Balaban J connectivity index is 1.74. The SMILES string of the molecule is O=C1CC(CS)CN1Cc1ccccc1N1CCCCC1. The lowest BCUT2D eigenvalue weighted by molar-refractivity contribution is -0.128. The van der Waals surface area contributed by atoms with Gasteiger partial charge in [-0.1, -0.05) is 18.2 Å². The smallest absolute Gasteiger partial charge is 0.223 e. The van der Waals surface area contributed by atoms with Gasteiger partial charge >= 0.3 is 0 Å². The number of amides is 1. The largest absolute Gasteiger partial charge is 0.371 e. The predicted octanol–water partition coefficient (Wildman–Crippen LogP) is 2.96. The molecule has 114 valence electrons. The van der Waals surface area contributed by atoms with Crippen LogP contribution >= 0.6 is 12.6 Å². The monoisotopic (exact) mass is 304 g/mol. The van der Waals surface area contributed by atoms with Crippen molar-refractivity contribution in [2.75, 3.05) is 30.3 Å². The molecule has 2 heterocycles. The van der Waals surface area contributed by atoms with Gasteiger partial charge in [-0.2, -0.15) is 12.6 Å². The van der Waals surface area contributed by atoms with Crippen LogP contribution in [-0.2, 0) is 11.3 Å². The Kier molecular flexibility index (Phi) is 4.73. The van der Waals surface area contributed by atoms with Crippen molar-refractivity contribution in [1.82, 2.24) is 4.90 Å². The predicted molar refractivity (Wildman–Crippen MR) is 89.9 cm³/mol. The molecule has 0 aliphatic carbocycles. The van der Waals surface area contributed by atoms with Crippen LogP contribution in [0.3, 0.4) is 0 Å². The second-order valence-electron chi connectivity index (χ2n) is 6.20. The molecule has 0 bridgehead atoms. The number of para-hydroxylation sites is 1. The average molecular weight is 304 g/mol. The maximum atomic E-state index is 12.1. The third kappa shape index (κ3) is 3.37. The highest BCUT2D eigenvalue weighted by atomic mass is 32.1. The molecule has 3 nitrogen and oxygen atoms in total. The van der Waals surface area contributed by atoms with Gasteiger partial charge in [-0.05, 0) is 42.6 Å². The van der Waals surface area contributed by atoms with Gasteiger partial charge in [0.05, 0.1) is 0 Å². The van der Waals surface area contributed by atoms with E-state index in [1.165, 1.54) is 30.5 Å². The van der Waals surface area contributed by atoms with Gasteiger partial charge in [0.25, 0.3) is 0 Å². The van der Waals surface area contributed by atoms with Crippen molar-refractivity contribution in [3.05, 3.63) is 29.8 Å². The Bertz CT molecular complexity index is 499. The van der Waals surface area contributed by atoms with Crippen molar-refractivity contribution in [1.29, 1.82) is 0 Å². The molecule has 1 amide bonds. The molecule has 2 aliphatic heterocycles. The Labute approximate surface area is 132 Å². The zero-order valence-electron chi connectivity index (χ0n) is 12.5. The maximum Gasteiger partial charge on any atom is 0.223 e. The molecule has 0 N–H and O–H groups in total. The van der Waals surface area contributed by atoms with E-state index in [9.17, 15) is 4.79 Å². The van der Waals surface area contributed by atoms with Crippen LogP contribution in [0.4, 0.5) is 5.69 Å². The van der Waals surface area contributed by atoms with Gasteiger partial charge in [-0.15, -0.1) is 0 Å². The van der Waals surface area contributed by atoms with Crippen LogP contribution in [0.1, 0.15) is 31.2 Å². The van der Waals surface area contributed by atoms with Gasteiger partial charge in [-0.25, -0.2) is 0 Å². The third-order valence-corrected chi connectivity index (χ3v) is 5.12. The highest BCUT2D eigenvalue weighted by Gasteiger charge is 2.29. The number of piperidine rings is 1. The van der Waals surface area contributed by atoms with Crippen molar-refractivity contribution in [2.24, 2.45) is 5.92 Å². The topological polar surface area (TPSA) is 23.6 Å². The number of hydrogen-bond acceptors (Lipinski definition) is 3. The molecule has 1 aromatic rings. The molecule has 0 saturated carbocycles. The second-order valence-corrected chi connectivity index (χ2v) is 6.57. The Hall–Kier alpha value is -1.16. The van der Waals surface area contributed by atoms with Crippen molar-refractivity contribution < 1.29 is 4.79 Å². The van der Waals surface area contributed by atoms with E-state index in [1.807, 2.05) is 4.90 Å². The summed E-state index contributed by atoms with van der Waals surface area (Å²) in [5, 5.41) is 0. The number of thiol groups is 1. The van der Waals surface area contributed by atoms with E-state index < -0.39 is 0 Å². The summed E-state index contributed by atoms with van der Waals surface area (Å²) in [6.45, 7) is 3.89. The summed E-state index contributed by atoms with van der Waals surface area (Å²) in [5.41, 5.74) is 2.60. The zero-order valence-corrected chi connectivity index (χ0v) is 13.4. The van der Waals surface area contributed by atoms with E-state index in [2.05, 4.69) is 41.8 Å². The summed E-state index contributed by atoms with van der Waals surface area (Å²) in [6.07, 6.45) is 4.56. The lowest BCUT2D eigenvalue weighted by Crippen LogP contribution is -2.32. The standard InChI is InChI=1S/C17H24N2OS/c20-17-10-14(13-21)11-19(17)12-15-6-2-3-7-16(15)18-8-4-1-5-9-18/h2-3,6-7,14,21H,1,4-5,8-13H2. The van der Waals surface area contributed by atoms with Crippen molar-refractivity contribution >= 4 is 24.2 Å². The molecule has 1 aromatic carbocycles. The molecule has 1 atom stereocenters. The molecule has 2 aliphatic rings. The first-order valence-corrected chi connectivity index (χ1v) is 8.62. The Morgan fingerprint density at radius 3 is 2.62 bits per heavy atom. The Morgan fingerprint density at radius 2 is 1.90 bits per heavy atom. The highest BCUT2D eigenvalue weighted by Crippen LogP contribution is 2.28. The van der Waals surface area contributed by atoms with Gasteiger partial charge in [0.15, 0.2) is 0 Å². The van der Waals surface area contributed by atoms with Crippen LogP contribution < -0.4 is 4.90 Å². The fraction of sp³-hybridized carbons (Fsp3) is 0.588. The minimum absolute atomic E-state index is 0.280. The summed E-state index contributed by atoms with van der Waals surface area (Å²) in [7, 11) is 0. The normalized spacial score (nSPS) is 22.9. The lowest BCUT2D eigenvalue weighted by Gasteiger charge is -2.31. The number of likely N-dealkylation sites (tertiary alicyclic amines) is 1. The van der Waals surface area contributed by atoms with E-state index in [0.717, 1.165) is 31.9 Å². The van der Waals surface area contributed by atoms with E-state index in [-0.39, 0.29) is 5.91 Å². The summed E-state index contributed by atoms with van der Waals surface area (Å²) >= 11 is 4.34. The van der Waals surface area contributed by atoms with Gasteiger partial charge < -0.3 is 9.80 Å². The minimum atomic E-state index is 0.280. The number of carbonyl (C=O) groups is 1. The minimum Gasteiger partial charge on any atom is -0.371 e. The fourth-order valence-corrected chi connectivity index (χ4v) is 3.67. The van der Waals surface area contributed by atoms with Crippen LogP contribution in [0, 0.1) is 5.92 Å². The summed E-state index contributed by atoms with van der Waals surface area (Å²) in [4.78, 5) is 16.6. The number of benzene rings is 1. The molecule has 0 radical (unpaired) electrons. The lowest BCUT2D eigenvalue weighted by atomic mass is 10.1. The van der Waals surface area contributed by atoms with E-state index >= 15 is 0 Å². The van der Waals surface area contributed by atoms with Crippen LogP contribution in [-0.4, -0.2) is 36.2 Å². The molecule has 2 saturated heterocycles. The summed E-state index contributed by atoms with van der Waals surface area (Å²) < 4.78 is 0. The van der Waals surface area contributed by atoms with Gasteiger partial charge in [0.1, 0.15) is 0 Å². The van der Waals surface area contributed by atoms with Crippen molar-refractivity contribution in [2.45, 2.75) is 32.2 Å². The number of hydrogen-bond donors (Lipinski definition) is 1. The molecule has 0 spiro atoms. The number of rotatable bonds is 4. The average Bonchev–Trinajstić information content (AvgIpc) is 2.89. The first kappa shape index (κ1) is 14.8. The summed E-state index contributed by atoms with van der Waals surface area (Å²) in [6, 6.07) is 8.57. The molecular formula is C17H24N2OS. The second kappa shape index (κ2) is 6.73. The Morgan fingerprint density at radius 1 is 1.14 bits per heavy atom. The quantitative estimate of drug-likeness (QED) is 0.865. The first-order chi connectivity index (χ1) is 10.3. The van der Waals surface area contributed by atoms with E-state index in [4.69, 9.17) is 0 Å². The number of carbonyl (C=O) groups excluding carboxylic acids is 1. The molecule has 1 unspecified atom stereocenters. The zero-order chi connectivity index (χ0) is 14.7. The molecule has 3 rings (SSSR count). The molecule has 0 aromatic heterocycles. The molecule has 2 fully saturated rings. The van der Waals surface area contributed by atoms with Crippen LogP contribution in [0.25, 0.3) is 0 Å². The van der Waals surface area contributed by atoms with Gasteiger partial charge in [0, 0.05) is 38.3 Å². The molecule has 21 heavy (non-hydrogen) atoms.